The summed E-state index contributed by atoms with van der Waals surface area (Å²) in [7, 11) is 0. The van der Waals surface area contributed by atoms with E-state index in [-0.39, 0.29) is 23.6 Å². The summed E-state index contributed by atoms with van der Waals surface area (Å²) in [6, 6.07) is 4.25. The number of carboxylic acid groups (broad SMARTS) is 1. The lowest BCUT2D eigenvalue weighted by atomic mass is 10.1. The van der Waals surface area contributed by atoms with E-state index in [0.29, 0.717) is 5.02 Å². The largest absolute Gasteiger partial charge is 0.478 e. The number of halogens is 1. The van der Waals surface area contributed by atoms with Gasteiger partial charge in [0, 0.05) is 11.4 Å². The van der Waals surface area contributed by atoms with Crippen LogP contribution in [0, 0.1) is 0 Å². The first-order valence-electron chi connectivity index (χ1n) is 4.48. The summed E-state index contributed by atoms with van der Waals surface area (Å²) in [4.78, 5) is 22.1. The molecule has 0 aromatic heterocycles. The molecule has 1 amide bonds. The number of hydrogen-bond donors (Lipinski definition) is 2. The third kappa shape index (κ3) is 3.10. The van der Waals surface area contributed by atoms with Gasteiger partial charge in [0.15, 0.2) is 0 Å². The molecule has 16 heavy (non-hydrogen) atoms. The zero-order chi connectivity index (χ0) is 12.1. The van der Waals surface area contributed by atoms with E-state index in [0.717, 1.165) is 0 Å². The van der Waals surface area contributed by atoms with Gasteiger partial charge in [-0.1, -0.05) is 17.7 Å². The Morgan fingerprint density at radius 1 is 1.50 bits per heavy atom. The lowest BCUT2D eigenvalue weighted by molar-refractivity contribution is -0.115. The number of carbonyl (C=O) groups excluding carboxylic acids is 1. The molecule has 0 aliphatic carbocycles. The molecule has 0 heterocycles. The molecule has 2 N–H and O–H groups in total. The fraction of sp³-hybridized carbons (Fsp3) is 0.0909. The van der Waals surface area contributed by atoms with Gasteiger partial charge in [0.2, 0.25) is 5.91 Å². The van der Waals surface area contributed by atoms with Crippen molar-refractivity contribution in [2.75, 3.05) is 5.32 Å². The fourth-order valence-corrected chi connectivity index (χ4v) is 1.31. The summed E-state index contributed by atoms with van der Waals surface area (Å²) in [6.07, 6.45) is 1.56. The molecule has 0 unspecified atom stereocenters. The molecule has 1 aromatic rings. The third-order valence-electron chi connectivity index (χ3n) is 1.82. The van der Waals surface area contributed by atoms with Crippen molar-refractivity contribution in [2.24, 2.45) is 0 Å². The molecule has 0 saturated heterocycles. The van der Waals surface area contributed by atoms with Crippen LogP contribution in [0.15, 0.2) is 30.9 Å². The molecular weight excluding hydrogens is 230 g/mol. The van der Waals surface area contributed by atoms with Crippen LogP contribution >= 0.6 is 11.6 Å². The predicted octanol–water partition coefficient (Wildman–Crippen LogP) is 2.55. The molecule has 0 spiro atoms. The van der Waals surface area contributed by atoms with Crippen LogP contribution in [-0.2, 0) is 4.79 Å². The topological polar surface area (TPSA) is 66.4 Å². The van der Waals surface area contributed by atoms with E-state index in [1.54, 1.807) is 0 Å². The van der Waals surface area contributed by atoms with Crippen molar-refractivity contribution >= 4 is 29.2 Å². The number of amides is 1. The normalized spacial score (nSPS) is 9.56. The van der Waals surface area contributed by atoms with E-state index in [4.69, 9.17) is 16.7 Å². The van der Waals surface area contributed by atoms with Crippen molar-refractivity contribution in [3.63, 3.8) is 0 Å². The van der Waals surface area contributed by atoms with Crippen LogP contribution in [0.2, 0.25) is 5.02 Å². The van der Waals surface area contributed by atoms with E-state index in [2.05, 4.69) is 11.9 Å². The molecule has 1 rings (SSSR count). The summed E-state index contributed by atoms with van der Waals surface area (Å²) in [6.45, 7) is 3.42. The second-order valence-corrected chi connectivity index (χ2v) is 3.47. The van der Waals surface area contributed by atoms with Crippen molar-refractivity contribution in [1.82, 2.24) is 0 Å². The summed E-state index contributed by atoms with van der Waals surface area (Å²) < 4.78 is 0. The Labute approximate surface area is 97.5 Å². The van der Waals surface area contributed by atoms with Crippen molar-refractivity contribution < 1.29 is 14.7 Å². The monoisotopic (exact) mass is 239 g/mol. The molecule has 4 nitrogen and oxygen atoms in total. The number of nitrogens with one attached hydrogen (secondary N) is 1. The molecular formula is C11H10ClNO3. The summed E-state index contributed by atoms with van der Waals surface area (Å²) in [5.41, 5.74) is 0.189. The van der Waals surface area contributed by atoms with Crippen LogP contribution in [-0.4, -0.2) is 17.0 Å². The van der Waals surface area contributed by atoms with Crippen molar-refractivity contribution in [3.05, 3.63) is 41.4 Å². The Bertz CT molecular complexity index is 443. The maximum absolute atomic E-state index is 11.3. The Morgan fingerprint density at radius 3 is 2.75 bits per heavy atom. The van der Waals surface area contributed by atoms with Gasteiger partial charge in [0.1, 0.15) is 0 Å². The Hall–Kier alpha value is -1.81. The fourth-order valence-electron chi connectivity index (χ4n) is 1.13. The highest BCUT2D eigenvalue weighted by molar-refractivity contribution is 6.31. The number of aromatic carboxylic acids is 1. The average Bonchev–Trinajstić information content (AvgIpc) is 2.20. The van der Waals surface area contributed by atoms with Gasteiger partial charge in [-0.25, -0.2) is 4.79 Å². The highest BCUT2D eigenvalue weighted by Crippen LogP contribution is 2.20. The van der Waals surface area contributed by atoms with Gasteiger partial charge < -0.3 is 10.4 Å². The van der Waals surface area contributed by atoms with Gasteiger partial charge in [0.05, 0.1) is 11.3 Å². The van der Waals surface area contributed by atoms with E-state index >= 15 is 0 Å². The standard InChI is InChI=1S/C11H10ClNO3/c1-2-3-10(14)13-9-5-4-7(12)6-8(9)11(15)16/h2,4-6H,1,3H2,(H,13,14)(H,15,16). The number of carboxylic acids is 1. The number of anilines is 1. The van der Waals surface area contributed by atoms with E-state index in [1.165, 1.54) is 24.3 Å². The molecule has 84 valence electrons. The second-order valence-electron chi connectivity index (χ2n) is 3.04. The van der Waals surface area contributed by atoms with E-state index < -0.39 is 5.97 Å². The van der Waals surface area contributed by atoms with E-state index in [9.17, 15) is 9.59 Å². The zero-order valence-electron chi connectivity index (χ0n) is 8.37. The summed E-state index contributed by atoms with van der Waals surface area (Å²) in [5, 5.41) is 11.7. The Balaban J connectivity index is 2.99. The second kappa shape index (κ2) is 5.32. The van der Waals surface area contributed by atoms with Gasteiger partial charge >= 0.3 is 5.97 Å². The van der Waals surface area contributed by atoms with Crippen molar-refractivity contribution in [2.45, 2.75) is 6.42 Å². The predicted molar refractivity (Wildman–Crippen MR) is 61.9 cm³/mol. The first-order valence-corrected chi connectivity index (χ1v) is 4.86. The zero-order valence-corrected chi connectivity index (χ0v) is 9.12. The van der Waals surface area contributed by atoms with Crippen LogP contribution in [0.1, 0.15) is 16.8 Å². The minimum absolute atomic E-state index is 0.0371. The van der Waals surface area contributed by atoms with Gasteiger partial charge in [0.25, 0.3) is 0 Å². The minimum atomic E-state index is -1.14. The van der Waals surface area contributed by atoms with Crippen molar-refractivity contribution in [3.8, 4) is 0 Å². The first-order chi connectivity index (χ1) is 7.54. The average molecular weight is 240 g/mol. The first kappa shape index (κ1) is 12.3. The maximum Gasteiger partial charge on any atom is 0.337 e. The van der Waals surface area contributed by atoms with Crippen LogP contribution in [0.3, 0.4) is 0 Å². The number of hydrogen-bond acceptors (Lipinski definition) is 2. The highest BCUT2D eigenvalue weighted by Gasteiger charge is 2.12. The molecule has 5 heteroatoms. The molecule has 0 aliphatic heterocycles. The van der Waals surface area contributed by atoms with Crippen LogP contribution in [0.5, 0.6) is 0 Å². The quantitative estimate of drug-likeness (QED) is 0.794. The molecule has 0 radical (unpaired) electrons. The lowest BCUT2D eigenvalue weighted by Crippen LogP contribution is -2.13. The minimum Gasteiger partial charge on any atom is -0.478 e. The van der Waals surface area contributed by atoms with Crippen molar-refractivity contribution in [1.29, 1.82) is 0 Å². The highest BCUT2D eigenvalue weighted by atomic mass is 35.5. The SMILES string of the molecule is C=CCC(=O)Nc1ccc(Cl)cc1C(=O)O. The molecule has 0 bridgehead atoms. The number of benzene rings is 1. The summed E-state index contributed by atoms with van der Waals surface area (Å²) in [5.74, 6) is -1.46. The summed E-state index contributed by atoms with van der Waals surface area (Å²) >= 11 is 5.67. The molecule has 1 aromatic carbocycles. The molecule has 0 saturated carbocycles. The van der Waals surface area contributed by atoms with Gasteiger partial charge in [-0.2, -0.15) is 0 Å². The number of carbonyl (C=O) groups is 2. The van der Waals surface area contributed by atoms with Gasteiger partial charge in [-0.15, -0.1) is 6.58 Å². The molecule has 0 atom stereocenters. The van der Waals surface area contributed by atoms with Crippen LogP contribution < -0.4 is 5.32 Å². The van der Waals surface area contributed by atoms with E-state index in [1.807, 2.05) is 0 Å². The Morgan fingerprint density at radius 2 is 2.19 bits per heavy atom. The van der Waals surface area contributed by atoms with Crippen LogP contribution in [0.25, 0.3) is 0 Å². The molecule has 0 aliphatic rings. The lowest BCUT2D eigenvalue weighted by Gasteiger charge is -2.07. The van der Waals surface area contributed by atoms with Crippen LogP contribution in [0.4, 0.5) is 5.69 Å². The smallest absolute Gasteiger partial charge is 0.337 e. The van der Waals surface area contributed by atoms with Gasteiger partial charge in [-0.05, 0) is 18.2 Å². The third-order valence-corrected chi connectivity index (χ3v) is 2.05. The maximum atomic E-state index is 11.3. The Kier molecular flexibility index (Phi) is 4.08. The molecule has 0 fully saturated rings. The van der Waals surface area contributed by atoms with Gasteiger partial charge in [-0.3, -0.25) is 4.79 Å². The number of rotatable bonds is 4.